The molecule has 0 aliphatic heterocycles. The Morgan fingerprint density at radius 3 is 1.63 bits per heavy atom. The molecule has 0 amide bonds. The molecule has 4 heterocycles. The van der Waals surface area contributed by atoms with E-state index >= 15 is 0 Å². The Hall–Kier alpha value is -8.16. The Kier molecular flexibility index (Phi) is 7.40. The van der Waals surface area contributed by atoms with Crippen LogP contribution in [0.5, 0.6) is 0 Å². The first-order chi connectivity index (χ1) is 29.3. The summed E-state index contributed by atoms with van der Waals surface area (Å²) < 4.78 is 6.72. The molecule has 59 heavy (non-hydrogen) atoms. The number of hydrogen-bond donors (Lipinski definition) is 0. The molecule has 0 N–H and O–H groups in total. The van der Waals surface area contributed by atoms with Crippen LogP contribution >= 0.6 is 0 Å². The highest BCUT2D eigenvalue weighted by Gasteiger charge is 2.24. The molecule has 0 saturated heterocycles. The van der Waals surface area contributed by atoms with Crippen LogP contribution in [0.15, 0.2) is 200 Å². The summed E-state index contributed by atoms with van der Waals surface area (Å²) in [6.07, 6.45) is 0. The maximum absolute atomic E-state index is 5.25. The van der Waals surface area contributed by atoms with Gasteiger partial charge in [0.05, 0.1) is 33.1 Å². The third-order valence-corrected chi connectivity index (χ3v) is 11.3. The first-order valence-electron chi connectivity index (χ1n) is 19.7. The summed E-state index contributed by atoms with van der Waals surface area (Å²) in [5, 5.41) is 2.45. The van der Waals surface area contributed by atoms with Crippen LogP contribution in [0.25, 0.3) is 106 Å². The highest BCUT2D eigenvalue weighted by atomic mass is 15.3. The predicted molar refractivity (Wildman–Crippen MR) is 239 cm³/mol. The van der Waals surface area contributed by atoms with Crippen molar-refractivity contribution in [2.45, 2.75) is 0 Å². The third-order valence-electron chi connectivity index (χ3n) is 11.3. The fourth-order valence-corrected chi connectivity index (χ4v) is 8.74. The summed E-state index contributed by atoms with van der Waals surface area (Å²) in [4.78, 5) is 20.6. The van der Waals surface area contributed by atoms with Crippen LogP contribution in [-0.2, 0) is 0 Å². The number of benzene rings is 8. The summed E-state index contributed by atoms with van der Waals surface area (Å²) in [5.41, 5.74) is 13.7. The van der Waals surface area contributed by atoms with Crippen molar-refractivity contribution in [3.8, 4) is 56.7 Å². The van der Waals surface area contributed by atoms with Crippen LogP contribution in [0.3, 0.4) is 0 Å². The molecule has 7 nitrogen and oxygen atoms in total. The average Bonchev–Trinajstić information content (AvgIpc) is 3.97. The molecule has 12 rings (SSSR count). The predicted octanol–water partition coefficient (Wildman–Crippen LogP) is 12.4. The van der Waals surface area contributed by atoms with Gasteiger partial charge in [0.2, 0.25) is 11.7 Å². The zero-order valence-electron chi connectivity index (χ0n) is 31.7. The van der Waals surface area contributed by atoms with E-state index in [4.69, 9.17) is 19.9 Å². The van der Waals surface area contributed by atoms with Gasteiger partial charge in [0.15, 0.2) is 11.6 Å². The maximum Gasteiger partial charge on any atom is 0.241 e. The number of rotatable bonds is 6. The molecule has 7 heteroatoms. The standard InChI is InChI=1S/C52H33N7/c1-4-17-34(18-5-1)49-54-50(35-19-6-2-7-20-35)56-51(55-49)59-46-32-16-27-40(48(46)58-44-30-13-11-28-42(44)53-52(58)59)37-22-14-21-36(33-37)39-26-15-31-45-47(39)41-25-10-12-29-43(41)57(45)38-23-8-3-9-24-38/h1-33H. The van der Waals surface area contributed by atoms with Gasteiger partial charge in [-0.25, -0.2) is 14.5 Å². The van der Waals surface area contributed by atoms with Gasteiger partial charge in [0, 0.05) is 33.2 Å². The van der Waals surface area contributed by atoms with E-state index < -0.39 is 0 Å². The Morgan fingerprint density at radius 2 is 0.898 bits per heavy atom. The van der Waals surface area contributed by atoms with Crippen molar-refractivity contribution in [1.29, 1.82) is 0 Å². The minimum absolute atomic E-state index is 0.500. The molecule has 0 aliphatic rings. The minimum atomic E-state index is 0.500. The lowest BCUT2D eigenvalue weighted by atomic mass is 9.95. The van der Waals surface area contributed by atoms with Crippen LogP contribution in [0, 0.1) is 0 Å². The number of para-hydroxylation sites is 5. The second-order valence-electron chi connectivity index (χ2n) is 14.7. The molecule has 0 radical (unpaired) electrons. The summed E-state index contributed by atoms with van der Waals surface area (Å²) in [6, 6.07) is 69.8. The monoisotopic (exact) mass is 755 g/mol. The molecule has 0 unspecified atom stereocenters. The highest BCUT2D eigenvalue weighted by molar-refractivity contribution is 6.16. The van der Waals surface area contributed by atoms with E-state index in [1.54, 1.807) is 0 Å². The van der Waals surface area contributed by atoms with Gasteiger partial charge < -0.3 is 4.57 Å². The zero-order chi connectivity index (χ0) is 38.9. The molecule has 4 aromatic heterocycles. The molecule has 0 atom stereocenters. The Morgan fingerprint density at radius 1 is 0.356 bits per heavy atom. The van der Waals surface area contributed by atoms with Gasteiger partial charge in [-0.05, 0) is 65.2 Å². The van der Waals surface area contributed by atoms with E-state index in [-0.39, 0.29) is 0 Å². The molecule has 0 spiro atoms. The first-order valence-corrected chi connectivity index (χ1v) is 19.7. The van der Waals surface area contributed by atoms with Gasteiger partial charge in [-0.1, -0.05) is 152 Å². The Bertz CT molecular complexity index is 3490. The van der Waals surface area contributed by atoms with E-state index in [9.17, 15) is 0 Å². The lowest BCUT2D eigenvalue weighted by Gasteiger charge is -2.11. The van der Waals surface area contributed by atoms with Crippen molar-refractivity contribution in [3.63, 3.8) is 0 Å². The van der Waals surface area contributed by atoms with Crippen LogP contribution in [0.2, 0.25) is 0 Å². The van der Waals surface area contributed by atoms with Gasteiger partial charge in [0.1, 0.15) is 0 Å². The topological polar surface area (TPSA) is 65.8 Å². The van der Waals surface area contributed by atoms with Crippen LogP contribution in [0.1, 0.15) is 0 Å². The smallest absolute Gasteiger partial charge is 0.241 e. The Labute approximate surface area is 338 Å². The van der Waals surface area contributed by atoms with Crippen molar-refractivity contribution in [3.05, 3.63) is 200 Å². The van der Waals surface area contributed by atoms with Gasteiger partial charge in [-0.2, -0.15) is 9.97 Å². The molecule has 0 fully saturated rings. The molecule has 8 aromatic carbocycles. The molecule has 0 saturated carbocycles. The van der Waals surface area contributed by atoms with Crippen molar-refractivity contribution in [2.75, 3.05) is 0 Å². The minimum Gasteiger partial charge on any atom is -0.309 e. The van der Waals surface area contributed by atoms with E-state index in [1.165, 1.54) is 27.4 Å². The second kappa shape index (κ2) is 13.2. The van der Waals surface area contributed by atoms with Gasteiger partial charge in [-0.3, -0.25) is 4.40 Å². The van der Waals surface area contributed by atoms with E-state index in [0.29, 0.717) is 17.6 Å². The van der Waals surface area contributed by atoms with Gasteiger partial charge >= 0.3 is 0 Å². The molecule has 0 bridgehead atoms. The summed E-state index contributed by atoms with van der Waals surface area (Å²) in [5.74, 6) is 2.42. The van der Waals surface area contributed by atoms with E-state index in [0.717, 1.165) is 61.3 Å². The quantitative estimate of drug-likeness (QED) is 0.169. The number of aromatic nitrogens is 7. The fraction of sp³-hybridized carbons (Fsp3) is 0. The largest absolute Gasteiger partial charge is 0.309 e. The van der Waals surface area contributed by atoms with Gasteiger partial charge in [-0.15, -0.1) is 0 Å². The lowest BCUT2D eigenvalue weighted by molar-refractivity contribution is 0.937. The van der Waals surface area contributed by atoms with Crippen molar-refractivity contribution >= 4 is 49.7 Å². The van der Waals surface area contributed by atoms with E-state index in [2.05, 4.69) is 147 Å². The third kappa shape index (κ3) is 5.22. The Balaban J connectivity index is 1.11. The van der Waals surface area contributed by atoms with Crippen molar-refractivity contribution < 1.29 is 0 Å². The summed E-state index contributed by atoms with van der Waals surface area (Å²) >= 11 is 0. The molecular weight excluding hydrogens is 723 g/mol. The summed E-state index contributed by atoms with van der Waals surface area (Å²) in [7, 11) is 0. The van der Waals surface area contributed by atoms with Crippen LogP contribution in [-0.4, -0.2) is 33.5 Å². The second-order valence-corrected chi connectivity index (χ2v) is 14.7. The fourth-order valence-electron chi connectivity index (χ4n) is 8.74. The molecule has 276 valence electrons. The average molecular weight is 756 g/mol. The molecular formula is C52H33N7. The van der Waals surface area contributed by atoms with E-state index in [1.807, 2.05) is 66.7 Å². The molecule has 12 aromatic rings. The lowest BCUT2D eigenvalue weighted by Crippen LogP contribution is -2.07. The van der Waals surface area contributed by atoms with Crippen molar-refractivity contribution in [1.82, 2.24) is 33.5 Å². The number of nitrogens with zero attached hydrogens (tertiary/aromatic N) is 7. The first kappa shape index (κ1) is 33.0. The number of imidazole rings is 2. The van der Waals surface area contributed by atoms with Crippen LogP contribution in [0.4, 0.5) is 0 Å². The normalized spacial score (nSPS) is 11.7. The maximum atomic E-state index is 5.25. The van der Waals surface area contributed by atoms with Crippen molar-refractivity contribution in [2.24, 2.45) is 0 Å². The van der Waals surface area contributed by atoms with Crippen LogP contribution < -0.4 is 0 Å². The SMILES string of the molecule is c1ccc(-c2nc(-c3ccccc3)nc(-n3c4cccc(-c5cccc(-c6cccc7c6c6ccccc6n7-c6ccccc6)c5)c4n4c5ccccc5nc34)n2)cc1. The summed E-state index contributed by atoms with van der Waals surface area (Å²) in [6.45, 7) is 0. The molecule has 0 aliphatic carbocycles. The number of fused-ring (bicyclic) bond motifs is 8. The highest BCUT2D eigenvalue weighted by Crippen LogP contribution is 2.41. The zero-order valence-corrected chi connectivity index (χ0v) is 31.7. The number of hydrogen-bond acceptors (Lipinski definition) is 4. The van der Waals surface area contributed by atoms with Gasteiger partial charge in [0.25, 0.3) is 0 Å².